The fourth-order valence-corrected chi connectivity index (χ4v) is 1.80. The van der Waals surface area contributed by atoms with E-state index in [0.717, 1.165) is 32.4 Å². The summed E-state index contributed by atoms with van der Waals surface area (Å²) in [5.41, 5.74) is 0.629. The second-order valence-corrected chi connectivity index (χ2v) is 4.71. The van der Waals surface area contributed by atoms with Crippen molar-refractivity contribution >= 4 is 0 Å². The first-order valence-corrected chi connectivity index (χ1v) is 6.77. The summed E-state index contributed by atoms with van der Waals surface area (Å²) in [7, 11) is 0. The first-order chi connectivity index (χ1) is 8.65. The van der Waals surface area contributed by atoms with Crippen molar-refractivity contribution in [3.8, 4) is 5.75 Å². The number of hydrogen-bond donors (Lipinski definition) is 1. The van der Waals surface area contributed by atoms with Gasteiger partial charge in [0, 0.05) is 0 Å². The van der Waals surface area contributed by atoms with Gasteiger partial charge in [0.15, 0.2) is 11.6 Å². The van der Waals surface area contributed by atoms with Crippen LogP contribution in [-0.4, -0.2) is 19.2 Å². The summed E-state index contributed by atoms with van der Waals surface area (Å²) in [6.07, 6.45) is 3.18. The van der Waals surface area contributed by atoms with Crippen molar-refractivity contribution in [2.75, 3.05) is 13.1 Å². The minimum Gasteiger partial charge on any atom is -0.488 e. The van der Waals surface area contributed by atoms with Crippen molar-refractivity contribution in [2.45, 2.75) is 46.1 Å². The molecule has 18 heavy (non-hydrogen) atoms. The van der Waals surface area contributed by atoms with Crippen molar-refractivity contribution in [3.63, 3.8) is 0 Å². The molecular formula is C15H24FNO. The Hall–Kier alpha value is -1.09. The fraction of sp³-hybridized carbons (Fsp3) is 0.600. The van der Waals surface area contributed by atoms with Crippen molar-refractivity contribution in [3.05, 3.63) is 29.6 Å². The van der Waals surface area contributed by atoms with Gasteiger partial charge in [-0.2, -0.15) is 0 Å². The molecule has 0 radical (unpaired) electrons. The minimum atomic E-state index is -0.242. The van der Waals surface area contributed by atoms with Gasteiger partial charge in [0.2, 0.25) is 0 Å². The van der Waals surface area contributed by atoms with E-state index in [2.05, 4.69) is 12.2 Å². The summed E-state index contributed by atoms with van der Waals surface area (Å²) in [6, 6.07) is 5.26. The maximum Gasteiger partial charge on any atom is 0.167 e. The smallest absolute Gasteiger partial charge is 0.167 e. The van der Waals surface area contributed by atoms with E-state index in [9.17, 15) is 4.39 Å². The normalized spacial score (nSPS) is 12.4. The number of aryl methyl sites for hydroxylation is 1. The zero-order valence-electron chi connectivity index (χ0n) is 11.6. The van der Waals surface area contributed by atoms with Crippen LogP contribution in [0.15, 0.2) is 18.2 Å². The zero-order chi connectivity index (χ0) is 13.4. The second kappa shape index (κ2) is 8.09. The van der Waals surface area contributed by atoms with Gasteiger partial charge in [-0.1, -0.05) is 19.1 Å². The van der Waals surface area contributed by atoms with Crippen LogP contribution < -0.4 is 10.1 Å². The predicted molar refractivity (Wildman–Crippen MR) is 73.6 cm³/mol. The van der Waals surface area contributed by atoms with Crippen LogP contribution in [0.4, 0.5) is 4.39 Å². The van der Waals surface area contributed by atoms with E-state index in [-0.39, 0.29) is 11.9 Å². The van der Waals surface area contributed by atoms with Crippen molar-refractivity contribution < 1.29 is 9.13 Å². The van der Waals surface area contributed by atoms with E-state index in [1.165, 1.54) is 0 Å². The molecule has 1 N–H and O–H groups in total. The highest BCUT2D eigenvalue weighted by atomic mass is 19.1. The quantitative estimate of drug-likeness (QED) is 0.714. The van der Waals surface area contributed by atoms with Gasteiger partial charge in [-0.15, -0.1) is 0 Å². The van der Waals surface area contributed by atoms with Gasteiger partial charge in [-0.3, -0.25) is 0 Å². The molecule has 0 heterocycles. The van der Waals surface area contributed by atoms with Crippen molar-refractivity contribution in [1.82, 2.24) is 5.32 Å². The van der Waals surface area contributed by atoms with Crippen LogP contribution in [0.25, 0.3) is 0 Å². The van der Waals surface area contributed by atoms with Gasteiger partial charge in [0.25, 0.3) is 0 Å². The molecule has 0 aliphatic heterocycles. The Bertz CT molecular complexity index is 354. The van der Waals surface area contributed by atoms with E-state index >= 15 is 0 Å². The number of hydrogen-bond acceptors (Lipinski definition) is 2. The molecule has 2 nitrogen and oxygen atoms in total. The standard InChI is InChI=1S/C15H24FNO/c1-4-10-17-11-6-8-13(3)18-14-9-5-7-12(2)15(14)16/h5,7,9,13,17H,4,6,8,10-11H2,1-3H3. The van der Waals surface area contributed by atoms with Crippen LogP contribution in [0.2, 0.25) is 0 Å². The molecule has 0 saturated carbocycles. The third-order valence-corrected chi connectivity index (χ3v) is 2.88. The Labute approximate surface area is 110 Å². The van der Waals surface area contributed by atoms with Crippen LogP contribution in [0.5, 0.6) is 5.75 Å². The summed E-state index contributed by atoms with van der Waals surface area (Å²) >= 11 is 0. The topological polar surface area (TPSA) is 21.3 Å². The second-order valence-electron chi connectivity index (χ2n) is 4.71. The van der Waals surface area contributed by atoms with Gasteiger partial charge >= 0.3 is 0 Å². The summed E-state index contributed by atoms with van der Waals surface area (Å²) in [5.74, 6) is 0.123. The van der Waals surface area contributed by atoms with Gasteiger partial charge in [0.05, 0.1) is 6.10 Å². The Morgan fingerprint density at radius 3 is 2.83 bits per heavy atom. The third kappa shape index (κ3) is 5.05. The Balaban J connectivity index is 2.31. The first-order valence-electron chi connectivity index (χ1n) is 6.77. The lowest BCUT2D eigenvalue weighted by Gasteiger charge is -2.16. The molecule has 0 fully saturated rings. The Morgan fingerprint density at radius 2 is 2.11 bits per heavy atom. The number of ether oxygens (including phenoxy) is 1. The lowest BCUT2D eigenvalue weighted by Crippen LogP contribution is -2.19. The molecule has 0 aliphatic rings. The molecular weight excluding hydrogens is 229 g/mol. The van der Waals surface area contributed by atoms with Crippen molar-refractivity contribution in [1.29, 1.82) is 0 Å². The number of rotatable bonds is 8. The largest absolute Gasteiger partial charge is 0.488 e. The van der Waals surface area contributed by atoms with E-state index < -0.39 is 0 Å². The monoisotopic (exact) mass is 253 g/mol. The van der Waals surface area contributed by atoms with Gasteiger partial charge in [0.1, 0.15) is 0 Å². The molecule has 102 valence electrons. The molecule has 0 aliphatic carbocycles. The van der Waals surface area contributed by atoms with Crippen LogP contribution in [0.3, 0.4) is 0 Å². The van der Waals surface area contributed by atoms with E-state index in [1.807, 2.05) is 13.0 Å². The molecule has 0 amide bonds. The minimum absolute atomic E-state index is 0.0460. The summed E-state index contributed by atoms with van der Waals surface area (Å²) in [4.78, 5) is 0. The number of benzene rings is 1. The maximum atomic E-state index is 13.7. The van der Waals surface area contributed by atoms with Gasteiger partial charge < -0.3 is 10.1 Å². The molecule has 0 aromatic heterocycles. The molecule has 1 atom stereocenters. The van der Waals surface area contributed by atoms with E-state index in [0.29, 0.717) is 11.3 Å². The Morgan fingerprint density at radius 1 is 1.33 bits per heavy atom. The Kier molecular flexibility index (Phi) is 6.73. The lowest BCUT2D eigenvalue weighted by molar-refractivity contribution is 0.198. The lowest BCUT2D eigenvalue weighted by atomic mass is 10.2. The molecule has 1 rings (SSSR count). The predicted octanol–water partition coefficient (Wildman–Crippen LogP) is 3.68. The SMILES string of the molecule is CCCNCCCC(C)Oc1cccc(C)c1F. The van der Waals surface area contributed by atoms with E-state index in [1.54, 1.807) is 19.1 Å². The third-order valence-electron chi connectivity index (χ3n) is 2.88. The first kappa shape index (κ1) is 15.0. The average Bonchev–Trinajstić information content (AvgIpc) is 2.35. The molecule has 0 bridgehead atoms. The molecule has 1 unspecified atom stereocenters. The van der Waals surface area contributed by atoms with Gasteiger partial charge in [-0.25, -0.2) is 4.39 Å². The zero-order valence-corrected chi connectivity index (χ0v) is 11.6. The molecule has 1 aromatic rings. The highest BCUT2D eigenvalue weighted by Crippen LogP contribution is 2.21. The van der Waals surface area contributed by atoms with Crippen LogP contribution in [0, 0.1) is 12.7 Å². The molecule has 1 aromatic carbocycles. The highest BCUT2D eigenvalue weighted by molar-refractivity contribution is 5.30. The molecule has 0 saturated heterocycles. The molecule has 3 heteroatoms. The summed E-state index contributed by atoms with van der Waals surface area (Å²) in [5, 5.41) is 3.35. The van der Waals surface area contributed by atoms with Crippen LogP contribution >= 0.6 is 0 Å². The maximum absolute atomic E-state index is 13.7. The fourth-order valence-electron chi connectivity index (χ4n) is 1.80. The van der Waals surface area contributed by atoms with Crippen LogP contribution in [0.1, 0.15) is 38.7 Å². The van der Waals surface area contributed by atoms with Gasteiger partial charge in [-0.05, 0) is 57.8 Å². The highest BCUT2D eigenvalue weighted by Gasteiger charge is 2.09. The number of halogens is 1. The van der Waals surface area contributed by atoms with Crippen LogP contribution in [-0.2, 0) is 0 Å². The summed E-state index contributed by atoms with van der Waals surface area (Å²) < 4.78 is 19.3. The molecule has 0 spiro atoms. The average molecular weight is 253 g/mol. The van der Waals surface area contributed by atoms with E-state index in [4.69, 9.17) is 4.74 Å². The summed E-state index contributed by atoms with van der Waals surface area (Å²) in [6.45, 7) is 7.95. The van der Waals surface area contributed by atoms with Crippen molar-refractivity contribution in [2.24, 2.45) is 0 Å². The number of nitrogens with one attached hydrogen (secondary N) is 1.